The average Bonchev–Trinajstić information content (AvgIpc) is 2.81. The zero-order chi connectivity index (χ0) is 24.6. The van der Waals surface area contributed by atoms with E-state index in [1.807, 2.05) is 54.6 Å². The number of para-hydroxylation sites is 2. The molecule has 0 aliphatic rings. The minimum absolute atomic E-state index is 0.305. The molecule has 3 aromatic rings. The summed E-state index contributed by atoms with van der Waals surface area (Å²) in [5, 5.41) is 13.1. The van der Waals surface area contributed by atoms with Gasteiger partial charge >= 0.3 is 0 Å². The van der Waals surface area contributed by atoms with Crippen molar-refractivity contribution in [2.45, 2.75) is 38.9 Å². The number of hydrogen-bond acceptors (Lipinski definition) is 5. The normalized spacial score (nSPS) is 11.4. The number of benzene rings is 3. The van der Waals surface area contributed by atoms with Crippen LogP contribution in [-0.4, -0.2) is 23.7 Å². The average molecular weight is 461 g/mol. The Balaban J connectivity index is 1.91. The van der Waals surface area contributed by atoms with Crippen LogP contribution in [0.4, 0.5) is 11.4 Å². The summed E-state index contributed by atoms with van der Waals surface area (Å²) in [4.78, 5) is 12.5. The molecule has 0 unspecified atom stereocenters. The Morgan fingerprint density at radius 3 is 2.44 bits per heavy atom. The highest BCUT2D eigenvalue weighted by atomic mass is 16.5. The first-order valence-electron chi connectivity index (χ1n) is 11.2. The van der Waals surface area contributed by atoms with E-state index in [0.29, 0.717) is 42.3 Å². The topological polar surface area (TPSA) is 93.8 Å². The predicted octanol–water partition coefficient (Wildman–Crippen LogP) is 5.21. The van der Waals surface area contributed by atoms with Gasteiger partial charge in [-0.05, 0) is 62.6 Å². The van der Waals surface area contributed by atoms with Crippen LogP contribution < -0.4 is 20.5 Å². The number of methoxy groups -OCH3 is 1. The van der Waals surface area contributed by atoms with Crippen molar-refractivity contribution in [2.24, 2.45) is 0 Å². The fourth-order valence-corrected chi connectivity index (χ4v) is 3.47. The first-order chi connectivity index (χ1) is 16.3. The minimum atomic E-state index is -0.844. The van der Waals surface area contributed by atoms with E-state index >= 15 is 0 Å². The predicted molar refractivity (Wildman–Crippen MR) is 137 cm³/mol. The van der Waals surface area contributed by atoms with E-state index in [2.05, 4.69) is 5.32 Å². The van der Waals surface area contributed by atoms with E-state index < -0.39 is 5.60 Å². The summed E-state index contributed by atoms with van der Waals surface area (Å²) in [6, 6.07) is 20.6. The zero-order valence-electron chi connectivity index (χ0n) is 19.9. The fourth-order valence-electron chi connectivity index (χ4n) is 3.47. The number of aliphatic hydroxyl groups is 1. The fraction of sp³-hybridized carbons (Fsp3) is 0.250. The molecule has 0 spiro atoms. The molecule has 0 aromatic heterocycles. The summed E-state index contributed by atoms with van der Waals surface area (Å²) >= 11 is 0. The highest BCUT2D eigenvalue weighted by Crippen LogP contribution is 2.36. The van der Waals surface area contributed by atoms with Crippen molar-refractivity contribution >= 4 is 23.4 Å². The smallest absolute Gasteiger partial charge is 0.248 e. The second-order valence-corrected chi connectivity index (χ2v) is 8.66. The summed E-state index contributed by atoms with van der Waals surface area (Å²) < 4.78 is 11.9. The highest BCUT2D eigenvalue weighted by molar-refractivity contribution is 6.03. The van der Waals surface area contributed by atoms with Crippen molar-refractivity contribution in [3.8, 4) is 11.5 Å². The quantitative estimate of drug-likeness (QED) is 0.285. The number of nitrogen functional groups attached to an aromatic ring is 1. The SMILES string of the molecule is COc1ccc(/C=C\C(=O)Nc2ccccc2N)c(OCc2ccccc2)c1CCC(C)(C)O. The number of ether oxygens (including phenoxy) is 2. The highest BCUT2D eigenvalue weighted by Gasteiger charge is 2.19. The van der Waals surface area contributed by atoms with Gasteiger partial charge in [-0.1, -0.05) is 42.5 Å². The molecular formula is C28H32N2O4. The number of carbonyl (C=O) groups is 1. The van der Waals surface area contributed by atoms with Crippen LogP contribution in [0.2, 0.25) is 0 Å². The molecule has 0 saturated carbocycles. The number of nitrogens with one attached hydrogen (secondary N) is 1. The van der Waals surface area contributed by atoms with Crippen LogP contribution in [0, 0.1) is 0 Å². The molecule has 6 nitrogen and oxygen atoms in total. The van der Waals surface area contributed by atoms with Crippen molar-refractivity contribution in [1.82, 2.24) is 0 Å². The van der Waals surface area contributed by atoms with E-state index in [1.165, 1.54) is 6.08 Å². The summed E-state index contributed by atoms with van der Waals surface area (Å²) in [6.07, 6.45) is 4.22. The lowest BCUT2D eigenvalue weighted by Crippen LogP contribution is -2.19. The van der Waals surface area contributed by atoms with Gasteiger partial charge in [0.15, 0.2) is 0 Å². The molecule has 6 heteroatoms. The minimum Gasteiger partial charge on any atom is -0.496 e. The first kappa shape index (κ1) is 24.9. The Hall–Kier alpha value is -3.77. The molecule has 3 rings (SSSR count). The first-order valence-corrected chi connectivity index (χ1v) is 11.2. The lowest BCUT2D eigenvalue weighted by atomic mass is 9.96. The summed E-state index contributed by atoms with van der Waals surface area (Å²) in [5.41, 5.74) is 8.72. The molecule has 178 valence electrons. The molecule has 3 aromatic carbocycles. The number of nitrogens with two attached hydrogens (primary N) is 1. The standard InChI is InChI=1S/C28H32N2O4/c1-28(2,32)18-17-22-25(33-3)15-13-21(27(22)34-19-20-9-5-4-6-10-20)14-16-26(31)30-24-12-8-7-11-23(24)29/h4-16,32H,17-19,29H2,1-3H3,(H,30,31)/b16-14-. The van der Waals surface area contributed by atoms with E-state index in [0.717, 1.165) is 16.7 Å². The zero-order valence-corrected chi connectivity index (χ0v) is 19.9. The van der Waals surface area contributed by atoms with Crippen molar-refractivity contribution in [3.05, 3.63) is 89.5 Å². The Kier molecular flexibility index (Phi) is 8.33. The van der Waals surface area contributed by atoms with Crippen molar-refractivity contribution in [1.29, 1.82) is 0 Å². The number of amides is 1. The van der Waals surface area contributed by atoms with Gasteiger partial charge in [-0.15, -0.1) is 0 Å². The van der Waals surface area contributed by atoms with Crippen LogP contribution in [0.5, 0.6) is 11.5 Å². The van der Waals surface area contributed by atoms with Crippen molar-refractivity contribution in [3.63, 3.8) is 0 Å². The van der Waals surface area contributed by atoms with Gasteiger partial charge in [0.25, 0.3) is 0 Å². The van der Waals surface area contributed by atoms with Crippen molar-refractivity contribution < 1.29 is 19.4 Å². The second-order valence-electron chi connectivity index (χ2n) is 8.66. The summed E-state index contributed by atoms with van der Waals surface area (Å²) in [6.45, 7) is 3.90. The Labute approximate surface area is 201 Å². The molecule has 0 aliphatic heterocycles. The molecule has 0 fully saturated rings. The molecular weight excluding hydrogens is 428 g/mol. The second kappa shape index (κ2) is 11.4. The Morgan fingerprint density at radius 1 is 1.06 bits per heavy atom. The van der Waals surface area contributed by atoms with Gasteiger partial charge < -0.3 is 25.6 Å². The van der Waals surface area contributed by atoms with Crippen LogP contribution in [0.15, 0.2) is 72.8 Å². The van der Waals surface area contributed by atoms with Crippen LogP contribution in [0.25, 0.3) is 6.08 Å². The number of carbonyl (C=O) groups excluding carboxylic acids is 1. The molecule has 34 heavy (non-hydrogen) atoms. The lowest BCUT2D eigenvalue weighted by Gasteiger charge is -2.21. The summed E-state index contributed by atoms with van der Waals surface area (Å²) in [5.74, 6) is 0.988. The number of rotatable bonds is 10. The summed E-state index contributed by atoms with van der Waals surface area (Å²) in [7, 11) is 1.61. The van der Waals surface area contributed by atoms with Gasteiger partial charge in [0, 0.05) is 17.2 Å². The molecule has 4 N–H and O–H groups in total. The van der Waals surface area contributed by atoms with E-state index in [-0.39, 0.29) is 5.91 Å². The molecule has 0 bridgehead atoms. The van der Waals surface area contributed by atoms with Crippen LogP contribution >= 0.6 is 0 Å². The molecule has 1 amide bonds. The lowest BCUT2D eigenvalue weighted by molar-refractivity contribution is -0.111. The molecule has 0 heterocycles. The van der Waals surface area contributed by atoms with Crippen molar-refractivity contribution in [2.75, 3.05) is 18.2 Å². The maximum absolute atomic E-state index is 12.5. The third-order valence-corrected chi connectivity index (χ3v) is 5.31. The van der Waals surface area contributed by atoms with Gasteiger partial charge in [0.05, 0.1) is 24.1 Å². The van der Waals surface area contributed by atoms with E-state index in [1.54, 1.807) is 39.2 Å². The van der Waals surface area contributed by atoms with Crippen LogP contribution in [-0.2, 0) is 17.8 Å². The molecule has 0 aliphatic carbocycles. The number of anilines is 2. The van der Waals surface area contributed by atoms with Gasteiger partial charge in [-0.25, -0.2) is 0 Å². The van der Waals surface area contributed by atoms with E-state index in [9.17, 15) is 9.90 Å². The largest absolute Gasteiger partial charge is 0.496 e. The Morgan fingerprint density at radius 2 is 1.76 bits per heavy atom. The maximum Gasteiger partial charge on any atom is 0.248 e. The Bertz CT molecular complexity index is 1130. The number of hydrogen-bond donors (Lipinski definition) is 3. The van der Waals surface area contributed by atoms with Gasteiger partial charge in [-0.2, -0.15) is 0 Å². The van der Waals surface area contributed by atoms with E-state index in [4.69, 9.17) is 15.2 Å². The third-order valence-electron chi connectivity index (χ3n) is 5.31. The third kappa shape index (κ3) is 7.12. The molecule has 0 saturated heterocycles. The molecule has 0 radical (unpaired) electrons. The van der Waals surface area contributed by atoms with Crippen LogP contribution in [0.3, 0.4) is 0 Å². The maximum atomic E-state index is 12.5. The van der Waals surface area contributed by atoms with Gasteiger partial charge in [0.1, 0.15) is 18.1 Å². The van der Waals surface area contributed by atoms with Crippen LogP contribution in [0.1, 0.15) is 37.0 Å². The van der Waals surface area contributed by atoms with Gasteiger partial charge in [-0.3, -0.25) is 4.79 Å². The monoisotopic (exact) mass is 460 g/mol. The van der Waals surface area contributed by atoms with Gasteiger partial charge in [0.2, 0.25) is 5.91 Å². The molecule has 0 atom stereocenters.